The predicted molar refractivity (Wildman–Crippen MR) is 192 cm³/mol. The van der Waals surface area contributed by atoms with Gasteiger partial charge < -0.3 is 39.7 Å². The fraction of sp³-hybridized carbons (Fsp3) is 0.750. The summed E-state index contributed by atoms with van der Waals surface area (Å²) >= 11 is 0. The quantitative estimate of drug-likeness (QED) is 0.123. The molecule has 13 heteroatoms. The second kappa shape index (κ2) is 20.5. The zero-order chi connectivity index (χ0) is 36.9. The van der Waals surface area contributed by atoms with Crippen molar-refractivity contribution in [1.29, 1.82) is 0 Å². The van der Waals surface area contributed by atoms with E-state index in [4.69, 9.17) is 19.7 Å². The minimum absolute atomic E-state index is 0.0353. The number of benzene rings is 1. The van der Waals surface area contributed by atoms with Crippen molar-refractivity contribution in [2.45, 2.75) is 123 Å². The Morgan fingerprint density at radius 3 is 2.31 bits per heavy atom. The molecule has 1 aliphatic heterocycles. The van der Waals surface area contributed by atoms with Gasteiger partial charge in [-0.05, 0) is 36.7 Å². The summed E-state index contributed by atoms with van der Waals surface area (Å²) < 4.78 is 30.6. The van der Waals surface area contributed by atoms with Crippen molar-refractivity contribution in [2.24, 2.45) is 23.5 Å². The van der Waals surface area contributed by atoms with Crippen LogP contribution in [-0.2, 0) is 39.4 Å². The first-order valence-electron chi connectivity index (χ1n) is 17.8. The Labute approximate surface area is 294 Å². The molecular weight excluding hydrogens is 647 g/mol. The van der Waals surface area contributed by atoms with Crippen LogP contribution in [0.15, 0.2) is 30.3 Å². The van der Waals surface area contributed by atoms with Crippen molar-refractivity contribution in [3.63, 3.8) is 0 Å². The Morgan fingerprint density at radius 1 is 1.10 bits per heavy atom. The maximum Gasteiger partial charge on any atom is 0.350 e. The van der Waals surface area contributed by atoms with Gasteiger partial charge in [-0.1, -0.05) is 84.7 Å². The molecule has 0 bridgehead atoms. The van der Waals surface area contributed by atoms with Gasteiger partial charge in [-0.15, -0.1) is 0 Å². The largest absolute Gasteiger partial charge is 0.379 e. The number of rotatable bonds is 21. The molecule has 0 aliphatic carbocycles. The first-order valence-corrected chi connectivity index (χ1v) is 19.5. The van der Waals surface area contributed by atoms with E-state index in [0.29, 0.717) is 19.4 Å². The Balaban J connectivity index is 2.27. The van der Waals surface area contributed by atoms with E-state index in [9.17, 15) is 23.8 Å². The van der Waals surface area contributed by atoms with E-state index in [1.165, 1.54) is 7.11 Å². The normalized spacial score (nSPS) is 20.5. The van der Waals surface area contributed by atoms with Crippen LogP contribution in [0.25, 0.3) is 0 Å². The maximum absolute atomic E-state index is 14.0. The highest BCUT2D eigenvalue weighted by molar-refractivity contribution is 7.53. The van der Waals surface area contributed by atoms with Crippen LogP contribution in [0.5, 0.6) is 0 Å². The van der Waals surface area contributed by atoms with Gasteiger partial charge in [0.1, 0.15) is 5.78 Å². The molecule has 49 heavy (non-hydrogen) atoms. The second-order valence-corrected chi connectivity index (χ2v) is 15.8. The molecule has 0 spiro atoms. The minimum Gasteiger partial charge on any atom is -0.379 e. The van der Waals surface area contributed by atoms with E-state index in [-0.39, 0.29) is 49.1 Å². The van der Waals surface area contributed by atoms with E-state index in [1.807, 2.05) is 65.0 Å². The van der Waals surface area contributed by atoms with Gasteiger partial charge in [-0.2, -0.15) is 0 Å². The van der Waals surface area contributed by atoms with Gasteiger partial charge in [-0.3, -0.25) is 18.9 Å². The van der Waals surface area contributed by atoms with Crippen LogP contribution in [0, 0.1) is 17.8 Å². The van der Waals surface area contributed by atoms with E-state index in [2.05, 4.69) is 5.32 Å². The topological polar surface area (TPSA) is 161 Å². The number of hydrogen-bond donors (Lipinski definition) is 3. The van der Waals surface area contributed by atoms with Crippen LogP contribution >= 0.6 is 7.60 Å². The van der Waals surface area contributed by atoms with Crippen LogP contribution in [-0.4, -0.2) is 103 Å². The molecule has 1 heterocycles. The lowest BCUT2D eigenvalue weighted by atomic mass is 9.89. The molecule has 280 valence electrons. The van der Waals surface area contributed by atoms with Crippen molar-refractivity contribution in [1.82, 2.24) is 15.1 Å². The predicted octanol–water partition coefficient (Wildman–Crippen LogP) is 4.58. The molecule has 0 saturated carbocycles. The summed E-state index contributed by atoms with van der Waals surface area (Å²) in [5.41, 5.74) is 7.02. The first-order chi connectivity index (χ1) is 23.1. The summed E-state index contributed by atoms with van der Waals surface area (Å²) in [7, 11) is 0.552. The number of carbonyl (C=O) groups excluding carboxylic acids is 3. The maximum atomic E-state index is 14.0. The lowest BCUT2D eigenvalue weighted by Gasteiger charge is -2.40. The van der Waals surface area contributed by atoms with Gasteiger partial charge in [0.25, 0.3) is 0 Å². The summed E-state index contributed by atoms with van der Waals surface area (Å²) in [6, 6.07) is 7.74. The number of unbranched alkanes of at least 4 members (excludes halogenated alkanes) is 1. The molecule has 1 aromatic rings. The fourth-order valence-electron chi connectivity index (χ4n) is 6.64. The number of amides is 3. The van der Waals surface area contributed by atoms with Crippen molar-refractivity contribution >= 4 is 25.3 Å². The minimum atomic E-state index is -4.24. The molecule has 1 saturated heterocycles. The van der Waals surface area contributed by atoms with Gasteiger partial charge in [0.15, 0.2) is 0 Å². The number of nitrogens with one attached hydrogen (secondary N) is 1. The van der Waals surface area contributed by atoms with Crippen LogP contribution in [0.2, 0.25) is 0 Å². The molecule has 2 unspecified atom stereocenters. The molecule has 0 radical (unpaired) electrons. The SMILES string of the molecule is CCCCOP(=O)(O)C(Cc1ccccc1)NC(=O)[C@H](C)[C@@H](OC)[C@@H]1CCCN1C(=O)C[C@@H](OC)[C@H]([C@@H](C)CC)N(C)C(=O)[C@@H](N)C(C)C. The number of ether oxygens (including phenoxy) is 2. The first kappa shape index (κ1) is 42.8. The standard InChI is InChI=1S/C36H63N4O8P/c1-10-12-21-48-49(44,45)30(22-27-17-14-13-15-18-27)38-35(42)26(6)34(47-9)28-19-16-20-40(28)31(41)23-29(46-8)33(25(5)11-2)39(7)36(43)32(37)24(3)4/h13-15,17-18,24-26,28-30,32-34H,10-12,16,19-23,37H2,1-9H3,(H,38,42)(H,44,45)/t25-,26+,28-,29+,30?,32-,33-,34+/m0/s1. The average Bonchev–Trinajstić information content (AvgIpc) is 3.57. The Hall–Kier alpha value is -2.34. The number of likely N-dealkylation sites (N-methyl/N-ethyl adjacent to an activating group) is 1. The third-order valence-corrected chi connectivity index (χ3v) is 11.7. The summed E-state index contributed by atoms with van der Waals surface area (Å²) in [5.74, 6) is -2.74. The van der Waals surface area contributed by atoms with Crippen molar-refractivity contribution in [3.05, 3.63) is 35.9 Å². The summed E-state index contributed by atoms with van der Waals surface area (Å²) in [5, 5.41) is 2.80. The third kappa shape index (κ3) is 11.9. The molecule has 4 N–H and O–H groups in total. The van der Waals surface area contributed by atoms with Gasteiger partial charge in [0.05, 0.1) is 49.3 Å². The lowest BCUT2D eigenvalue weighted by molar-refractivity contribution is -0.146. The van der Waals surface area contributed by atoms with Crippen LogP contribution in [0.3, 0.4) is 0 Å². The Morgan fingerprint density at radius 2 is 1.76 bits per heavy atom. The number of likely N-dealkylation sites (tertiary alicyclic amines) is 1. The van der Waals surface area contributed by atoms with Crippen LogP contribution < -0.4 is 11.1 Å². The summed E-state index contributed by atoms with van der Waals surface area (Å²) in [6.07, 6.45) is 2.43. The van der Waals surface area contributed by atoms with E-state index in [1.54, 1.807) is 30.9 Å². The molecular formula is C36H63N4O8P. The zero-order valence-electron chi connectivity index (χ0n) is 31.2. The fourth-order valence-corrected chi connectivity index (χ4v) is 7.94. The van der Waals surface area contributed by atoms with Gasteiger partial charge in [0.2, 0.25) is 17.7 Å². The molecule has 1 aromatic carbocycles. The number of nitrogens with zero attached hydrogens (tertiary/aromatic N) is 2. The molecule has 1 aliphatic rings. The highest BCUT2D eigenvalue weighted by Crippen LogP contribution is 2.48. The van der Waals surface area contributed by atoms with Gasteiger partial charge in [-0.25, -0.2) is 0 Å². The molecule has 0 aromatic heterocycles. The Kier molecular flexibility index (Phi) is 17.9. The van der Waals surface area contributed by atoms with Crippen LogP contribution in [0.1, 0.15) is 85.6 Å². The number of hydrogen-bond acceptors (Lipinski definition) is 8. The molecule has 2 rings (SSSR count). The monoisotopic (exact) mass is 710 g/mol. The van der Waals surface area contributed by atoms with Crippen LogP contribution in [0.4, 0.5) is 0 Å². The average molecular weight is 711 g/mol. The second-order valence-electron chi connectivity index (χ2n) is 13.8. The Bertz CT molecular complexity index is 1220. The van der Waals surface area contributed by atoms with E-state index in [0.717, 1.165) is 24.8 Å². The molecule has 9 atom stereocenters. The van der Waals surface area contributed by atoms with E-state index < -0.39 is 49.5 Å². The summed E-state index contributed by atoms with van der Waals surface area (Å²) in [4.78, 5) is 55.4. The van der Waals surface area contributed by atoms with Crippen molar-refractivity contribution in [2.75, 3.05) is 34.4 Å². The van der Waals surface area contributed by atoms with Crippen molar-refractivity contribution < 1.29 is 37.8 Å². The lowest BCUT2D eigenvalue weighted by Crippen LogP contribution is -2.56. The highest BCUT2D eigenvalue weighted by Gasteiger charge is 2.43. The number of carbonyl (C=O) groups is 3. The highest BCUT2D eigenvalue weighted by atomic mass is 31.2. The van der Waals surface area contributed by atoms with Gasteiger partial charge in [0, 0.05) is 34.2 Å². The van der Waals surface area contributed by atoms with Gasteiger partial charge >= 0.3 is 7.60 Å². The number of methoxy groups -OCH3 is 2. The zero-order valence-corrected chi connectivity index (χ0v) is 32.1. The third-order valence-electron chi connectivity index (χ3n) is 10.0. The van der Waals surface area contributed by atoms with Crippen molar-refractivity contribution in [3.8, 4) is 0 Å². The molecule has 12 nitrogen and oxygen atoms in total. The van der Waals surface area contributed by atoms with E-state index >= 15 is 0 Å². The summed E-state index contributed by atoms with van der Waals surface area (Å²) in [6.45, 7) is 12.1. The smallest absolute Gasteiger partial charge is 0.350 e. The number of nitrogens with two attached hydrogens (primary N) is 1. The molecule has 3 amide bonds. The molecule has 1 fully saturated rings.